The molecule has 2 N–H and O–H groups in total. The van der Waals surface area contributed by atoms with Crippen LogP contribution in [0.2, 0.25) is 0 Å². The minimum absolute atomic E-state index is 0.195. The van der Waals surface area contributed by atoms with Crippen molar-refractivity contribution in [2.75, 3.05) is 5.32 Å². The zero-order chi connectivity index (χ0) is 16.2. The number of nitrogens with one attached hydrogen (secondary N) is 1. The first-order chi connectivity index (χ1) is 10.3. The van der Waals surface area contributed by atoms with Crippen LogP contribution in [-0.2, 0) is 10.2 Å². The van der Waals surface area contributed by atoms with Crippen molar-refractivity contribution in [2.45, 2.75) is 70.8 Å². The number of hydrogen-bond acceptors (Lipinski definition) is 2. The van der Waals surface area contributed by atoms with Gasteiger partial charge in [-0.05, 0) is 61.1 Å². The number of aliphatic carboxylic acids is 1. The van der Waals surface area contributed by atoms with E-state index in [9.17, 15) is 4.79 Å². The molecular formula is C19H29NO2. The van der Waals surface area contributed by atoms with Crippen LogP contribution >= 0.6 is 0 Å². The summed E-state index contributed by atoms with van der Waals surface area (Å²) in [5.74, 6) is -0.0726. The van der Waals surface area contributed by atoms with Crippen molar-refractivity contribution in [3.8, 4) is 0 Å². The molecule has 1 aromatic rings. The van der Waals surface area contributed by atoms with Gasteiger partial charge >= 0.3 is 5.97 Å². The molecule has 0 spiro atoms. The van der Waals surface area contributed by atoms with E-state index in [1.54, 1.807) is 0 Å². The van der Waals surface area contributed by atoms with Gasteiger partial charge in [-0.3, -0.25) is 4.79 Å². The average molecular weight is 303 g/mol. The number of benzene rings is 1. The Hall–Kier alpha value is -1.51. The molecule has 0 unspecified atom stereocenters. The van der Waals surface area contributed by atoms with Gasteiger partial charge in [-0.15, -0.1) is 0 Å². The smallest absolute Gasteiger partial charge is 0.303 e. The number of hydrogen-bond donors (Lipinski definition) is 2. The molecule has 1 aliphatic carbocycles. The number of carboxylic acids is 1. The normalized spacial score (nSPS) is 22.3. The Morgan fingerprint density at radius 1 is 1.14 bits per heavy atom. The van der Waals surface area contributed by atoms with E-state index < -0.39 is 5.97 Å². The molecule has 1 aliphatic rings. The number of carbonyl (C=O) groups is 1. The highest BCUT2D eigenvalue weighted by molar-refractivity contribution is 5.66. The van der Waals surface area contributed by atoms with Crippen LogP contribution in [-0.4, -0.2) is 17.1 Å². The minimum Gasteiger partial charge on any atom is -0.481 e. The van der Waals surface area contributed by atoms with E-state index in [4.69, 9.17) is 5.11 Å². The molecule has 1 fully saturated rings. The zero-order valence-electron chi connectivity index (χ0n) is 14.1. The Morgan fingerprint density at radius 2 is 1.73 bits per heavy atom. The third-order valence-corrected chi connectivity index (χ3v) is 4.73. The predicted octanol–water partition coefficient (Wildman–Crippen LogP) is 4.82. The summed E-state index contributed by atoms with van der Waals surface area (Å²) in [6.07, 6.45) is 5.73. The van der Waals surface area contributed by atoms with Crippen LogP contribution < -0.4 is 5.32 Å². The first kappa shape index (κ1) is 16.9. The SMILES string of the molecule is CC(C)(C)c1ccc(NC2CCC(CCC(=O)O)CC2)cc1. The molecule has 122 valence electrons. The lowest BCUT2D eigenvalue weighted by atomic mass is 9.83. The van der Waals surface area contributed by atoms with Gasteiger partial charge < -0.3 is 10.4 Å². The molecule has 0 saturated heterocycles. The standard InChI is InChI=1S/C19H29NO2/c1-19(2,3)15-7-11-17(12-8-15)20-16-9-4-14(5-10-16)6-13-18(21)22/h7-8,11-12,14,16,20H,4-6,9-10,13H2,1-3H3,(H,21,22). The molecule has 22 heavy (non-hydrogen) atoms. The van der Waals surface area contributed by atoms with E-state index in [0.717, 1.165) is 32.1 Å². The lowest BCUT2D eigenvalue weighted by molar-refractivity contribution is -0.137. The first-order valence-corrected chi connectivity index (χ1v) is 8.43. The molecule has 3 nitrogen and oxygen atoms in total. The van der Waals surface area contributed by atoms with Crippen LogP contribution in [0, 0.1) is 5.92 Å². The fraction of sp³-hybridized carbons (Fsp3) is 0.632. The van der Waals surface area contributed by atoms with Crippen LogP contribution in [0.1, 0.15) is 64.9 Å². The van der Waals surface area contributed by atoms with Gasteiger partial charge in [0, 0.05) is 18.2 Å². The van der Waals surface area contributed by atoms with Gasteiger partial charge in [-0.1, -0.05) is 32.9 Å². The van der Waals surface area contributed by atoms with E-state index in [-0.39, 0.29) is 5.41 Å². The van der Waals surface area contributed by atoms with Crippen molar-refractivity contribution in [1.82, 2.24) is 0 Å². The topological polar surface area (TPSA) is 49.3 Å². The van der Waals surface area contributed by atoms with E-state index in [1.807, 2.05) is 0 Å². The molecule has 0 aliphatic heterocycles. The summed E-state index contributed by atoms with van der Waals surface area (Å²) in [6.45, 7) is 6.69. The summed E-state index contributed by atoms with van der Waals surface area (Å²) < 4.78 is 0. The summed E-state index contributed by atoms with van der Waals surface area (Å²) in [7, 11) is 0. The van der Waals surface area contributed by atoms with E-state index >= 15 is 0 Å². The Labute approximate surface area is 134 Å². The fourth-order valence-corrected chi connectivity index (χ4v) is 3.23. The average Bonchev–Trinajstić information content (AvgIpc) is 2.46. The number of rotatable bonds is 5. The Balaban J connectivity index is 1.80. The van der Waals surface area contributed by atoms with Gasteiger partial charge in [0.05, 0.1) is 0 Å². The van der Waals surface area contributed by atoms with E-state index in [0.29, 0.717) is 18.4 Å². The van der Waals surface area contributed by atoms with Gasteiger partial charge in [0.1, 0.15) is 0 Å². The van der Waals surface area contributed by atoms with Crippen molar-refractivity contribution < 1.29 is 9.90 Å². The number of carboxylic acid groups (broad SMARTS) is 1. The summed E-state index contributed by atoms with van der Waals surface area (Å²) in [4.78, 5) is 10.6. The Bertz CT molecular complexity index is 479. The number of anilines is 1. The highest BCUT2D eigenvalue weighted by Crippen LogP contribution is 2.30. The van der Waals surface area contributed by atoms with Gasteiger partial charge in [0.25, 0.3) is 0 Å². The molecular weight excluding hydrogens is 274 g/mol. The van der Waals surface area contributed by atoms with Crippen molar-refractivity contribution in [2.24, 2.45) is 5.92 Å². The molecule has 0 heterocycles. The third-order valence-electron chi connectivity index (χ3n) is 4.73. The molecule has 2 rings (SSSR count). The monoisotopic (exact) mass is 303 g/mol. The summed E-state index contributed by atoms with van der Waals surface area (Å²) in [5, 5.41) is 12.4. The van der Waals surface area contributed by atoms with Crippen molar-refractivity contribution in [3.63, 3.8) is 0 Å². The Morgan fingerprint density at radius 3 is 2.23 bits per heavy atom. The Kier molecular flexibility index (Phi) is 5.49. The highest BCUT2D eigenvalue weighted by Gasteiger charge is 2.21. The summed E-state index contributed by atoms with van der Waals surface area (Å²) in [5.41, 5.74) is 2.75. The largest absolute Gasteiger partial charge is 0.481 e. The van der Waals surface area contributed by atoms with E-state index in [2.05, 4.69) is 50.4 Å². The predicted molar refractivity (Wildman–Crippen MR) is 91.4 cm³/mol. The summed E-state index contributed by atoms with van der Waals surface area (Å²) >= 11 is 0. The molecule has 1 saturated carbocycles. The van der Waals surface area contributed by atoms with Gasteiger partial charge in [0.15, 0.2) is 0 Å². The highest BCUT2D eigenvalue weighted by atomic mass is 16.4. The van der Waals surface area contributed by atoms with Gasteiger partial charge in [-0.25, -0.2) is 0 Å². The molecule has 0 radical (unpaired) electrons. The second-order valence-corrected chi connectivity index (χ2v) is 7.62. The lowest BCUT2D eigenvalue weighted by Gasteiger charge is -2.29. The second kappa shape index (κ2) is 7.17. The van der Waals surface area contributed by atoms with Crippen molar-refractivity contribution in [3.05, 3.63) is 29.8 Å². The van der Waals surface area contributed by atoms with Crippen molar-refractivity contribution >= 4 is 11.7 Å². The molecule has 0 atom stereocenters. The van der Waals surface area contributed by atoms with Crippen LogP contribution in [0.25, 0.3) is 0 Å². The second-order valence-electron chi connectivity index (χ2n) is 7.62. The molecule has 0 amide bonds. The van der Waals surface area contributed by atoms with Crippen molar-refractivity contribution in [1.29, 1.82) is 0 Å². The maximum atomic E-state index is 10.6. The molecule has 0 bridgehead atoms. The minimum atomic E-state index is -0.667. The van der Waals surface area contributed by atoms with Crippen LogP contribution in [0.3, 0.4) is 0 Å². The van der Waals surface area contributed by atoms with E-state index in [1.165, 1.54) is 11.3 Å². The molecule has 3 heteroatoms. The zero-order valence-corrected chi connectivity index (χ0v) is 14.1. The van der Waals surface area contributed by atoms with Gasteiger partial charge in [0.2, 0.25) is 0 Å². The maximum absolute atomic E-state index is 10.6. The molecule has 0 aromatic heterocycles. The maximum Gasteiger partial charge on any atom is 0.303 e. The summed E-state index contributed by atoms with van der Waals surface area (Å²) in [6, 6.07) is 9.30. The lowest BCUT2D eigenvalue weighted by Crippen LogP contribution is -2.26. The van der Waals surface area contributed by atoms with Crippen LogP contribution in [0.4, 0.5) is 5.69 Å². The first-order valence-electron chi connectivity index (χ1n) is 8.43. The quantitative estimate of drug-likeness (QED) is 0.820. The van der Waals surface area contributed by atoms with Crippen LogP contribution in [0.5, 0.6) is 0 Å². The van der Waals surface area contributed by atoms with Crippen LogP contribution in [0.15, 0.2) is 24.3 Å². The molecule has 1 aromatic carbocycles. The fourth-order valence-electron chi connectivity index (χ4n) is 3.23. The third kappa shape index (κ3) is 5.04. The van der Waals surface area contributed by atoms with Gasteiger partial charge in [-0.2, -0.15) is 0 Å².